The third kappa shape index (κ3) is 9.08. The SMILES string of the molecule is CC1CC(=O)CC=C1CCCCCCCCCCCCO. The molecule has 1 rings (SSSR count). The number of aliphatic hydroxyl groups is 1. The fourth-order valence-corrected chi connectivity index (χ4v) is 3.21. The molecule has 1 atom stereocenters. The van der Waals surface area contributed by atoms with E-state index < -0.39 is 0 Å². The van der Waals surface area contributed by atoms with Gasteiger partial charge in [0.25, 0.3) is 0 Å². The van der Waals surface area contributed by atoms with Gasteiger partial charge in [-0.05, 0) is 25.2 Å². The molecule has 0 aliphatic heterocycles. The predicted octanol–water partition coefficient (Wildman–Crippen LogP) is 5.20. The van der Waals surface area contributed by atoms with Crippen molar-refractivity contribution in [1.82, 2.24) is 0 Å². The molecule has 0 aromatic rings. The summed E-state index contributed by atoms with van der Waals surface area (Å²) in [4.78, 5) is 11.3. The Morgan fingerprint density at radius 1 is 0.952 bits per heavy atom. The smallest absolute Gasteiger partial charge is 0.137 e. The molecule has 0 fully saturated rings. The van der Waals surface area contributed by atoms with E-state index in [1.807, 2.05) is 0 Å². The monoisotopic (exact) mass is 294 g/mol. The Balaban J connectivity index is 1.88. The molecule has 0 saturated carbocycles. The fourth-order valence-electron chi connectivity index (χ4n) is 3.21. The lowest BCUT2D eigenvalue weighted by Crippen LogP contribution is -2.12. The van der Waals surface area contributed by atoms with Crippen molar-refractivity contribution in [2.75, 3.05) is 6.61 Å². The minimum absolute atomic E-state index is 0.350. The highest BCUT2D eigenvalue weighted by Gasteiger charge is 2.17. The van der Waals surface area contributed by atoms with Gasteiger partial charge in [0, 0.05) is 19.4 Å². The molecule has 1 aliphatic rings. The van der Waals surface area contributed by atoms with Crippen LogP contribution in [0, 0.1) is 5.92 Å². The second-order valence-electron chi connectivity index (χ2n) is 6.64. The fraction of sp³-hybridized carbons (Fsp3) is 0.842. The van der Waals surface area contributed by atoms with Gasteiger partial charge in [0.1, 0.15) is 5.78 Å². The number of Topliss-reactive ketones (excluding diaryl/α,β-unsaturated/α-hetero) is 1. The molecule has 0 amide bonds. The molecule has 1 aliphatic carbocycles. The van der Waals surface area contributed by atoms with Crippen molar-refractivity contribution in [3.63, 3.8) is 0 Å². The van der Waals surface area contributed by atoms with Crippen LogP contribution >= 0.6 is 0 Å². The normalized spacial score (nSPS) is 18.9. The van der Waals surface area contributed by atoms with Gasteiger partial charge in [-0.15, -0.1) is 0 Å². The van der Waals surface area contributed by atoms with Gasteiger partial charge in [0.15, 0.2) is 0 Å². The average molecular weight is 294 g/mol. The summed E-state index contributed by atoms with van der Waals surface area (Å²) in [6, 6.07) is 0. The lowest BCUT2D eigenvalue weighted by atomic mass is 9.85. The van der Waals surface area contributed by atoms with E-state index in [0.29, 0.717) is 24.7 Å². The minimum atomic E-state index is 0.350. The number of ketones is 1. The van der Waals surface area contributed by atoms with Crippen molar-refractivity contribution in [1.29, 1.82) is 0 Å². The van der Waals surface area contributed by atoms with Gasteiger partial charge < -0.3 is 5.11 Å². The van der Waals surface area contributed by atoms with Gasteiger partial charge in [-0.1, -0.05) is 69.9 Å². The summed E-state index contributed by atoms with van der Waals surface area (Å²) in [6.45, 7) is 2.54. The molecule has 0 radical (unpaired) electrons. The van der Waals surface area contributed by atoms with Crippen LogP contribution in [-0.4, -0.2) is 17.5 Å². The first-order chi connectivity index (χ1) is 10.2. The van der Waals surface area contributed by atoms with Crippen molar-refractivity contribution < 1.29 is 9.90 Å². The summed E-state index contributed by atoms with van der Waals surface area (Å²) < 4.78 is 0. The number of carbonyl (C=O) groups is 1. The Kier molecular flexibility index (Phi) is 10.5. The molecule has 1 unspecified atom stereocenters. The molecule has 0 spiro atoms. The zero-order valence-corrected chi connectivity index (χ0v) is 13.9. The number of hydrogen-bond acceptors (Lipinski definition) is 2. The third-order valence-corrected chi connectivity index (χ3v) is 4.63. The number of allylic oxidation sites excluding steroid dienone is 2. The molecule has 2 heteroatoms. The van der Waals surface area contributed by atoms with Gasteiger partial charge in [-0.2, -0.15) is 0 Å². The Hall–Kier alpha value is -0.630. The van der Waals surface area contributed by atoms with Gasteiger partial charge >= 0.3 is 0 Å². The van der Waals surface area contributed by atoms with Crippen LogP contribution in [0.4, 0.5) is 0 Å². The van der Waals surface area contributed by atoms with E-state index in [2.05, 4.69) is 13.0 Å². The molecule has 0 aromatic carbocycles. The predicted molar refractivity (Wildman–Crippen MR) is 89.4 cm³/mol. The Morgan fingerprint density at radius 3 is 2.00 bits per heavy atom. The van der Waals surface area contributed by atoms with E-state index in [1.165, 1.54) is 69.8 Å². The molecular formula is C19H34O2. The molecule has 0 bridgehead atoms. The average Bonchev–Trinajstić information content (AvgIpc) is 2.46. The Labute approximate surface area is 131 Å². The van der Waals surface area contributed by atoms with Gasteiger partial charge in [-0.25, -0.2) is 0 Å². The van der Waals surface area contributed by atoms with Crippen LogP contribution in [0.25, 0.3) is 0 Å². The summed E-state index contributed by atoms with van der Waals surface area (Å²) in [5, 5.41) is 8.69. The van der Waals surface area contributed by atoms with Crippen molar-refractivity contribution in [3.8, 4) is 0 Å². The molecule has 0 saturated heterocycles. The van der Waals surface area contributed by atoms with Gasteiger partial charge in [-0.3, -0.25) is 4.79 Å². The molecule has 21 heavy (non-hydrogen) atoms. The first-order valence-electron chi connectivity index (χ1n) is 9.05. The summed E-state index contributed by atoms with van der Waals surface area (Å²) in [7, 11) is 0. The topological polar surface area (TPSA) is 37.3 Å². The van der Waals surface area contributed by atoms with Gasteiger partial charge in [0.05, 0.1) is 0 Å². The number of unbranched alkanes of at least 4 members (excludes halogenated alkanes) is 9. The second-order valence-corrected chi connectivity index (χ2v) is 6.64. The number of rotatable bonds is 12. The van der Waals surface area contributed by atoms with E-state index >= 15 is 0 Å². The highest BCUT2D eigenvalue weighted by Crippen LogP contribution is 2.26. The third-order valence-electron chi connectivity index (χ3n) is 4.63. The minimum Gasteiger partial charge on any atom is -0.396 e. The zero-order chi connectivity index (χ0) is 15.3. The van der Waals surface area contributed by atoms with Crippen LogP contribution in [0.1, 0.15) is 90.4 Å². The number of carbonyl (C=O) groups excluding carboxylic acids is 1. The first-order valence-corrected chi connectivity index (χ1v) is 9.05. The van der Waals surface area contributed by atoms with E-state index in [1.54, 1.807) is 0 Å². The maximum Gasteiger partial charge on any atom is 0.137 e. The molecule has 1 N–H and O–H groups in total. The maximum absolute atomic E-state index is 11.3. The van der Waals surface area contributed by atoms with Crippen LogP contribution in [0.5, 0.6) is 0 Å². The quantitative estimate of drug-likeness (QED) is 0.397. The second kappa shape index (κ2) is 12.0. The molecule has 0 aromatic heterocycles. The largest absolute Gasteiger partial charge is 0.396 e. The van der Waals surface area contributed by atoms with Gasteiger partial charge in [0.2, 0.25) is 0 Å². The summed E-state index contributed by atoms with van der Waals surface area (Å²) in [6.07, 6.45) is 17.7. The van der Waals surface area contributed by atoms with Crippen LogP contribution in [0.2, 0.25) is 0 Å². The standard InChI is InChI=1S/C19H34O2/c1-17-16-19(21)14-13-18(17)12-10-8-6-4-2-3-5-7-9-11-15-20/h13,17,20H,2-12,14-16H2,1H3. The summed E-state index contributed by atoms with van der Waals surface area (Å²) in [5.41, 5.74) is 1.53. The first kappa shape index (κ1) is 18.4. The van der Waals surface area contributed by atoms with E-state index in [-0.39, 0.29) is 0 Å². The van der Waals surface area contributed by atoms with E-state index in [4.69, 9.17) is 5.11 Å². The highest BCUT2D eigenvalue weighted by molar-refractivity contribution is 5.81. The van der Waals surface area contributed by atoms with Crippen LogP contribution in [0.3, 0.4) is 0 Å². The number of aliphatic hydroxyl groups excluding tert-OH is 1. The van der Waals surface area contributed by atoms with Crippen molar-refractivity contribution >= 4 is 5.78 Å². The lowest BCUT2D eigenvalue weighted by Gasteiger charge is -2.19. The zero-order valence-electron chi connectivity index (χ0n) is 13.9. The highest BCUT2D eigenvalue weighted by atomic mass is 16.2. The Bertz CT molecular complexity index is 307. The summed E-state index contributed by atoms with van der Waals surface area (Å²) in [5.74, 6) is 0.899. The van der Waals surface area contributed by atoms with E-state index in [0.717, 1.165) is 12.8 Å². The molecular weight excluding hydrogens is 260 g/mol. The van der Waals surface area contributed by atoms with E-state index in [9.17, 15) is 4.79 Å². The Morgan fingerprint density at radius 2 is 1.48 bits per heavy atom. The van der Waals surface area contributed by atoms with Crippen LogP contribution < -0.4 is 0 Å². The van der Waals surface area contributed by atoms with Crippen molar-refractivity contribution in [3.05, 3.63) is 11.6 Å². The van der Waals surface area contributed by atoms with Crippen molar-refractivity contribution in [2.24, 2.45) is 5.92 Å². The maximum atomic E-state index is 11.3. The van der Waals surface area contributed by atoms with Crippen LogP contribution in [0.15, 0.2) is 11.6 Å². The molecule has 0 heterocycles. The van der Waals surface area contributed by atoms with Crippen molar-refractivity contribution in [2.45, 2.75) is 90.4 Å². The van der Waals surface area contributed by atoms with Crippen LogP contribution in [-0.2, 0) is 4.79 Å². The molecule has 122 valence electrons. The summed E-state index contributed by atoms with van der Waals surface area (Å²) >= 11 is 0. The number of hydrogen-bond donors (Lipinski definition) is 1. The lowest BCUT2D eigenvalue weighted by molar-refractivity contribution is -0.119. The molecule has 2 nitrogen and oxygen atoms in total.